The Kier molecular flexibility index (Phi) is 7.12. The van der Waals surface area contributed by atoms with Crippen LogP contribution in [0.1, 0.15) is 51.2 Å². The quantitative estimate of drug-likeness (QED) is 0.725. The lowest BCUT2D eigenvalue weighted by atomic mass is 10.2. The van der Waals surface area contributed by atoms with E-state index in [9.17, 15) is 14.4 Å². The minimum atomic E-state index is -0.510. The van der Waals surface area contributed by atoms with E-state index >= 15 is 0 Å². The van der Waals surface area contributed by atoms with Gasteiger partial charge in [-0.1, -0.05) is 6.92 Å². The molecule has 2 aromatic rings. The fraction of sp³-hybridized carbons (Fsp3) is 0.350. The highest BCUT2D eigenvalue weighted by Gasteiger charge is 2.15. The largest absolute Gasteiger partial charge is 0.459 e. The number of amides is 1. The average Bonchev–Trinajstić information content (AvgIpc) is 3.00. The Morgan fingerprint density at radius 2 is 1.78 bits per heavy atom. The van der Waals surface area contributed by atoms with Crippen molar-refractivity contribution in [1.29, 1.82) is 0 Å². The van der Waals surface area contributed by atoms with Gasteiger partial charge in [0.1, 0.15) is 4.88 Å². The molecule has 27 heavy (non-hydrogen) atoms. The fourth-order valence-corrected chi connectivity index (χ4v) is 3.35. The van der Waals surface area contributed by atoms with Gasteiger partial charge >= 0.3 is 11.9 Å². The molecule has 7 heteroatoms. The van der Waals surface area contributed by atoms with Crippen LogP contribution in [-0.2, 0) is 20.7 Å². The summed E-state index contributed by atoms with van der Waals surface area (Å²) >= 11 is 1.38. The van der Waals surface area contributed by atoms with E-state index in [1.54, 1.807) is 44.2 Å². The van der Waals surface area contributed by atoms with Crippen LogP contribution in [-0.4, -0.2) is 30.6 Å². The van der Waals surface area contributed by atoms with Crippen LogP contribution in [0.5, 0.6) is 0 Å². The maximum atomic E-state index is 12.0. The lowest BCUT2D eigenvalue weighted by Gasteiger charge is -2.09. The number of thiophene rings is 1. The van der Waals surface area contributed by atoms with Gasteiger partial charge < -0.3 is 14.8 Å². The van der Waals surface area contributed by atoms with E-state index in [-0.39, 0.29) is 12.7 Å². The number of rotatable bonds is 7. The first-order valence-electron chi connectivity index (χ1n) is 8.67. The SMILES string of the molecule is CCc1sc(C(=O)OCC(=O)Nc2ccc(C(=O)OC(C)C)cc2)cc1C. The third kappa shape index (κ3) is 5.92. The van der Waals surface area contributed by atoms with E-state index in [0.29, 0.717) is 16.1 Å². The van der Waals surface area contributed by atoms with Crippen molar-refractivity contribution >= 4 is 34.9 Å². The molecule has 1 aromatic heterocycles. The van der Waals surface area contributed by atoms with Gasteiger partial charge in [-0.05, 0) is 63.1 Å². The number of anilines is 1. The van der Waals surface area contributed by atoms with Crippen molar-refractivity contribution in [3.05, 3.63) is 51.2 Å². The topological polar surface area (TPSA) is 81.7 Å². The molecule has 144 valence electrons. The summed E-state index contributed by atoms with van der Waals surface area (Å²) in [5.41, 5.74) is 1.94. The first-order valence-corrected chi connectivity index (χ1v) is 9.49. The molecular formula is C20H23NO5S. The summed E-state index contributed by atoms with van der Waals surface area (Å²) in [6.45, 7) is 7.13. The summed E-state index contributed by atoms with van der Waals surface area (Å²) < 4.78 is 10.2. The lowest BCUT2D eigenvalue weighted by molar-refractivity contribution is -0.119. The number of carbonyl (C=O) groups excluding carboxylic acids is 3. The molecule has 0 bridgehead atoms. The molecule has 0 fully saturated rings. The van der Waals surface area contributed by atoms with Gasteiger partial charge in [0.25, 0.3) is 5.91 Å². The smallest absolute Gasteiger partial charge is 0.348 e. The second-order valence-corrected chi connectivity index (χ2v) is 7.36. The Labute approximate surface area is 162 Å². The van der Waals surface area contributed by atoms with Crippen molar-refractivity contribution in [3.63, 3.8) is 0 Å². The van der Waals surface area contributed by atoms with Crippen LogP contribution in [0.4, 0.5) is 5.69 Å². The van der Waals surface area contributed by atoms with Gasteiger partial charge in [0, 0.05) is 10.6 Å². The van der Waals surface area contributed by atoms with Crippen LogP contribution in [0, 0.1) is 6.92 Å². The van der Waals surface area contributed by atoms with Crippen molar-refractivity contribution < 1.29 is 23.9 Å². The molecule has 1 N–H and O–H groups in total. The standard InChI is InChI=1S/C20H23NO5S/c1-5-16-13(4)10-17(27-16)20(24)25-11-18(22)21-15-8-6-14(7-9-15)19(23)26-12(2)3/h6-10,12H,5,11H2,1-4H3,(H,21,22). The van der Waals surface area contributed by atoms with E-state index in [0.717, 1.165) is 16.9 Å². The third-order valence-electron chi connectivity index (χ3n) is 3.62. The zero-order chi connectivity index (χ0) is 20.0. The van der Waals surface area contributed by atoms with Gasteiger partial charge in [0.05, 0.1) is 11.7 Å². The van der Waals surface area contributed by atoms with Crippen LogP contribution in [0.2, 0.25) is 0 Å². The lowest BCUT2D eigenvalue weighted by Crippen LogP contribution is -2.20. The number of nitrogens with one attached hydrogen (secondary N) is 1. The van der Waals surface area contributed by atoms with Gasteiger partial charge in [-0.3, -0.25) is 4.79 Å². The zero-order valence-electron chi connectivity index (χ0n) is 15.8. The van der Waals surface area contributed by atoms with Crippen molar-refractivity contribution in [2.45, 2.75) is 40.2 Å². The van der Waals surface area contributed by atoms with Crippen molar-refractivity contribution in [2.24, 2.45) is 0 Å². The van der Waals surface area contributed by atoms with E-state index in [1.807, 2.05) is 13.8 Å². The minimum Gasteiger partial charge on any atom is -0.459 e. The molecule has 1 aromatic carbocycles. The van der Waals surface area contributed by atoms with Crippen molar-refractivity contribution in [2.75, 3.05) is 11.9 Å². The predicted octanol–water partition coefficient (Wildman–Crippen LogP) is 3.98. The van der Waals surface area contributed by atoms with E-state index in [2.05, 4.69) is 5.32 Å². The first kappa shape index (κ1) is 20.6. The molecule has 1 amide bonds. The summed E-state index contributed by atoms with van der Waals surface area (Å²) in [6.07, 6.45) is 0.650. The number of benzene rings is 1. The Hall–Kier alpha value is -2.67. The van der Waals surface area contributed by atoms with E-state index < -0.39 is 17.8 Å². The van der Waals surface area contributed by atoms with Gasteiger partial charge in [0.2, 0.25) is 0 Å². The number of hydrogen-bond donors (Lipinski definition) is 1. The predicted molar refractivity (Wildman–Crippen MR) is 104 cm³/mol. The highest BCUT2D eigenvalue weighted by molar-refractivity contribution is 7.14. The number of aryl methyl sites for hydroxylation is 2. The highest BCUT2D eigenvalue weighted by Crippen LogP contribution is 2.23. The minimum absolute atomic E-state index is 0.202. The molecule has 0 aliphatic carbocycles. The number of carbonyl (C=O) groups is 3. The van der Waals surface area contributed by atoms with Gasteiger partial charge in [-0.2, -0.15) is 0 Å². The Balaban J connectivity index is 1.86. The second-order valence-electron chi connectivity index (χ2n) is 6.23. The van der Waals surface area contributed by atoms with Gasteiger partial charge in [0.15, 0.2) is 6.61 Å². The molecule has 0 unspecified atom stereocenters. The van der Waals surface area contributed by atoms with Crippen LogP contribution in [0.25, 0.3) is 0 Å². The average molecular weight is 389 g/mol. The molecule has 0 saturated carbocycles. The first-order chi connectivity index (χ1) is 12.8. The normalized spacial score (nSPS) is 10.6. The Morgan fingerprint density at radius 3 is 2.33 bits per heavy atom. The van der Waals surface area contributed by atoms with Crippen molar-refractivity contribution in [3.8, 4) is 0 Å². The van der Waals surface area contributed by atoms with E-state index in [4.69, 9.17) is 9.47 Å². The third-order valence-corrected chi connectivity index (χ3v) is 4.99. The van der Waals surface area contributed by atoms with Crippen LogP contribution in [0.3, 0.4) is 0 Å². The molecule has 1 heterocycles. The molecular weight excluding hydrogens is 366 g/mol. The molecule has 6 nitrogen and oxygen atoms in total. The second kappa shape index (κ2) is 9.32. The molecule has 0 saturated heterocycles. The van der Waals surface area contributed by atoms with E-state index in [1.165, 1.54) is 11.3 Å². The highest BCUT2D eigenvalue weighted by atomic mass is 32.1. The monoisotopic (exact) mass is 389 g/mol. The van der Waals surface area contributed by atoms with Crippen LogP contribution < -0.4 is 5.32 Å². The molecule has 0 aliphatic rings. The molecule has 2 rings (SSSR count). The maximum absolute atomic E-state index is 12.0. The summed E-state index contributed by atoms with van der Waals surface area (Å²) in [5, 5.41) is 2.62. The number of ether oxygens (including phenoxy) is 2. The number of esters is 2. The Bertz CT molecular complexity index is 823. The molecule has 0 aliphatic heterocycles. The van der Waals surface area contributed by atoms with Crippen LogP contribution >= 0.6 is 11.3 Å². The summed E-state index contributed by atoms with van der Waals surface area (Å²) in [4.78, 5) is 37.4. The van der Waals surface area contributed by atoms with Gasteiger partial charge in [-0.15, -0.1) is 11.3 Å². The molecule has 0 atom stereocenters. The summed E-state index contributed by atoms with van der Waals surface area (Å²) in [5.74, 6) is -1.39. The summed E-state index contributed by atoms with van der Waals surface area (Å²) in [6, 6.07) is 8.08. The van der Waals surface area contributed by atoms with Crippen molar-refractivity contribution in [1.82, 2.24) is 0 Å². The summed E-state index contributed by atoms with van der Waals surface area (Å²) in [7, 11) is 0. The zero-order valence-corrected chi connectivity index (χ0v) is 16.6. The van der Waals surface area contributed by atoms with Gasteiger partial charge in [-0.25, -0.2) is 9.59 Å². The Morgan fingerprint density at radius 1 is 1.11 bits per heavy atom. The van der Waals surface area contributed by atoms with Crippen LogP contribution in [0.15, 0.2) is 30.3 Å². The number of hydrogen-bond acceptors (Lipinski definition) is 6. The fourth-order valence-electron chi connectivity index (χ4n) is 2.34. The maximum Gasteiger partial charge on any atom is 0.348 e. The molecule has 0 spiro atoms. The molecule has 0 radical (unpaired) electrons.